The zero-order valence-electron chi connectivity index (χ0n) is 31.2. The molecule has 0 unspecified atom stereocenters. The van der Waals surface area contributed by atoms with Gasteiger partial charge >= 0.3 is 0 Å². The Labute approximate surface area is 310 Å². The number of benzene rings is 4. The van der Waals surface area contributed by atoms with Gasteiger partial charge in [0, 0.05) is 53.5 Å². The summed E-state index contributed by atoms with van der Waals surface area (Å²) in [6.07, 6.45) is 6.41. The number of aliphatic hydroxyl groups is 1. The van der Waals surface area contributed by atoms with E-state index in [0.717, 1.165) is 69.8 Å². The van der Waals surface area contributed by atoms with Crippen molar-refractivity contribution in [1.29, 1.82) is 0 Å². The van der Waals surface area contributed by atoms with Crippen LogP contribution in [0.15, 0.2) is 83.2 Å². The number of aryl methyl sites for hydroxylation is 1. The molecule has 2 heterocycles. The molecular weight excluding hydrogens is 797 g/mol. The van der Waals surface area contributed by atoms with Gasteiger partial charge in [-0.3, -0.25) is 9.78 Å². The van der Waals surface area contributed by atoms with Gasteiger partial charge in [0.1, 0.15) is 17.7 Å². The molecule has 0 aliphatic heterocycles. The molecule has 1 radical (unpaired) electrons. The molecule has 50 heavy (non-hydrogen) atoms. The van der Waals surface area contributed by atoms with Crippen molar-refractivity contribution >= 4 is 49.4 Å². The Morgan fingerprint density at radius 1 is 0.840 bits per heavy atom. The van der Waals surface area contributed by atoms with Crippen LogP contribution in [0.2, 0.25) is 0 Å². The fourth-order valence-corrected chi connectivity index (χ4v) is 6.38. The minimum atomic E-state index is -0.337. The van der Waals surface area contributed by atoms with Crippen LogP contribution in [0.1, 0.15) is 99.1 Å². The monoisotopic (exact) mass is 848 g/mol. The van der Waals surface area contributed by atoms with Crippen LogP contribution in [0.25, 0.3) is 54.9 Å². The molecule has 2 aromatic heterocycles. The molecule has 0 saturated carbocycles. The molecule has 265 valence electrons. The number of allylic oxidation sites excluding steroid dienone is 2. The number of carbonyl (C=O) groups is 1. The second kappa shape index (κ2) is 15.2. The number of carbonyl (C=O) groups excluding carboxylic acids is 1. The number of aromatic nitrogens is 2. The Morgan fingerprint density at radius 2 is 1.50 bits per heavy atom. The molecule has 1 N–H and O–H groups in total. The molecule has 6 heteroatoms. The molecule has 4 aromatic carbocycles. The Morgan fingerprint density at radius 3 is 2.14 bits per heavy atom. The first-order chi connectivity index (χ1) is 23.2. The zero-order valence-corrected chi connectivity index (χ0v) is 33.6. The van der Waals surface area contributed by atoms with Crippen LogP contribution < -0.4 is 0 Å². The second-order valence-electron chi connectivity index (χ2n) is 14.9. The molecule has 5 nitrogen and oxygen atoms in total. The summed E-state index contributed by atoms with van der Waals surface area (Å²) < 4.78 is 6.26. The topological polar surface area (TPSA) is 76.2 Å². The van der Waals surface area contributed by atoms with E-state index in [1.165, 1.54) is 28.0 Å². The first-order valence-electron chi connectivity index (χ1n) is 17.7. The summed E-state index contributed by atoms with van der Waals surface area (Å²) in [5, 5.41) is 15.7. The molecule has 0 amide bonds. The van der Waals surface area contributed by atoms with Crippen molar-refractivity contribution in [1.82, 2.24) is 9.97 Å². The van der Waals surface area contributed by atoms with Gasteiger partial charge in [-0.25, -0.2) is 4.98 Å². The summed E-state index contributed by atoms with van der Waals surface area (Å²) in [7, 11) is 0. The number of para-hydroxylation sites is 1. The third-order valence-corrected chi connectivity index (χ3v) is 11.0. The van der Waals surface area contributed by atoms with E-state index in [9.17, 15) is 9.90 Å². The summed E-state index contributed by atoms with van der Waals surface area (Å²) >= 11 is 0. The minimum absolute atomic E-state index is 0. The molecule has 0 atom stereocenters. The van der Waals surface area contributed by atoms with Crippen molar-refractivity contribution < 1.29 is 34.4 Å². The van der Waals surface area contributed by atoms with Crippen LogP contribution in [0.4, 0.5) is 0 Å². The van der Waals surface area contributed by atoms with E-state index in [-0.39, 0.29) is 47.9 Å². The summed E-state index contributed by atoms with van der Waals surface area (Å²) in [5.74, 6) is 0.286. The second-order valence-corrected chi connectivity index (χ2v) is 14.9. The smallest absolute Gasteiger partial charge is 0.164 e. The number of ketones is 1. The van der Waals surface area contributed by atoms with Crippen LogP contribution in [0.5, 0.6) is 0 Å². The normalized spacial score (nSPS) is 12.6. The van der Waals surface area contributed by atoms with Gasteiger partial charge in [0.15, 0.2) is 5.78 Å². The van der Waals surface area contributed by atoms with E-state index in [0.29, 0.717) is 0 Å². The van der Waals surface area contributed by atoms with Gasteiger partial charge < -0.3 is 9.52 Å². The number of aliphatic hydroxyl groups excluding tert-OH is 1. The predicted molar refractivity (Wildman–Crippen MR) is 205 cm³/mol. The van der Waals surface area contributed by atoms with E-state index >= 15 is 0 Å². The molecule has 0 aliphatic rings. The largest absolute Gasteiger partial charge is 0.512 e. The number of hydrogen-bond donors (Lipinski definition) is 1. The van der Waals surface area contributed by atoms with Crippen LogP contribution in [0, 0.1) is 23.8 Å². The molecule has 0 fully saturated rings. The SMILES string of the molecule is CCC(C)(CC)C(=O)/C=C(\O)C(C)(CC)CC.Cc1cc(C(C)(C)C)cc2ccc3c(-c4[c-]ccc5c4oc4ccccc45)ncnc3c12.[Ir]. The van der Waals surface area contributed by atoms with E-state index in [4.69, 9.17) is 9.40 Å². The quantitative estimate of drug-likeness (QED) is 0.0715. The van der Waals surface area contributed by atoms with Crippen molar-refractivity contribution in [3.8, 4) is 11.3 Å². The molecule has 6 rings (SSSR count). The molecular formula is C44H51IrN2O3-. The van der Waals surface area contributed by atoms with Crippen LogP contribution >= 0.6 is 0 Å². The molecule has 6 aromatic rings. The maximum atomic E-state index is 12.2. The average Bonchev–Trinajstić information content (AvgIpc) is 3.49. The van der Waals surface area contributed by atoms with Crippen molar-refractivity contribution in [3.63, 3.8) is 0 Å². The standard InChI is InChI=1S/C29H23N2O.C15H28O2.Ir/c1-17-14-19(29(2,3)4)15-18-12-13-22-26(30-16-31-27(22)25(17)18)23-10-7-9-21-20-8-5-6-11-24(20)32-28(21)23;1-7-14(5,8-2)12(16)11-13(17)15(6,9-3)10-4;/h5-9,11-16H,1-4H3;11,16H,7-10H2,1-6H3;/q-1;;/b;12-11-;. The predicted octanol–water partition coefficient (Wildman–Crippen LogP) is 12.4. The van der Waals surface area contributed by atoms with E-state index in [1.54, 1.807) is 6.33 Å². The number of furan rings is 1. The fourth-order valence-electron chi connectivity index (χ4n) is 6.38. The van der Waals surface area contributed by atoms with Crippen LogP contribution in [-0.4, -0.2) is 20.9 Å². The summed E-state index contributed by atoms with van der Waals surface area (Å²) in [6.45, 7) is 21.0. The third-order valence-electron chi connectivity index (χ3n) is 11.0. The van der Waals surface area contributed by atoms with E-state index in [1.807, 2.05) is 65.8 Å². The van der Waals surface area contributed by atoms with E-state index in [2.05, 4.69) is 75.1 Å². The summed E-state index contributed by atoms with van der Waals surface area (Å²) in [6, 6.07) is 24.4. The van der Waals surface area contributed by atoms with Crippen LogP contribution in [-0.2, 0) is 30.3 Å². The van der Waals surface area contributed by atoms with Gasteiger partial charge in [-0.1, -0.05) is 116 Å². The Balaban J connectivity index is 0.000000269. The molecule has 0 bridgehead atoms. The first-order valence-corrected chi connectivity index (χ1v) is 17.7. The number of rotatable bonds is 8. The minimum Gasteiger partial charge on any atom is -0.512 e. The Bertz CT molecular complexity index is 2180. The van der Waals surface area contributed by atoms with Crippen molar-refractivity contribution in [2.45, 2.75) is 100 Å². The maximum absolute atomic E-state index is 12.2. The van der Waals surface area contributed by atoms with Crippen molar-refractivity contribution in [3.05, 3.63) is 96.0 Å². The van der Waals surface area contributed by atoms with Crippen molar-refractivity contribution in [2.75, 3.05) is 0 Å². The van der Waals surface area contributed by atoms with E-state index < -0.39 is 0 Å². The van der Waals surface area contributed by atoms with Crippen molar-refractivity contribution in [2.24, 2.45) is 10.8 Å². The van der Waals surface area contributed by atoms with Gasteiger partial charge in [0.05, 0.1) is 11.1 Å². The van der Waals surface area contributed by atoms with Crippen LogP contribution in [0.3, 0.4) is 0 Å². The molecule has 0 saturated heterocycles. The first kappa shape index (κ1) is 38.9. The average molecular weight is 848 g/mol. The Kier molecular flexibility index (Phi) is 11.8. The summed E-state index contributed by atoms with van der Waals surface area (Å²) in [5.41, 5.74) is 6.42. The Hall–Kier alpha value is -3.86. The number of fused-ring (bicyclic) bond motifs is 6. The van der Waals surface area contributed by atoms with Gasteiger partial charge in [-0.05, 0) is 66.0 Å². The molecule has 0 spiro atoms. The van der Waals surface area contributed by atoms with Gasteiger partial charge in [-0.2, -0.15) is 0 Å². The number of hydrogen-bond acceptors (Lipinski definition) is 5. The number of nitrogens with zero attached hydrogens (tertiary/aromatic N) is 2. The maximum Gasteiger partial charge on any atom is 0.164 e. The third kappa shape index (κ3) is 7.29. The zero-order chi connectivity index (χ0) is 35.7. The van der Waals surface area contributed by atoms with Gasteiger partial charge in [-0.15, -0.1) is 18.2 Å². The van der Waals surface area contributed by atoms with Gasteiger partial charge in [0.25, 0.3) is 0 Å². The fraction of sp³-hybridized carbons (Fsp3) is 0.386. The molecule has 0 aliphatic carbocycles. The summed E-state index contributed by atoms with van der Waals surface area (Å²) in [4.78, 5) is 21.6. The van der Waals surface area contributed by atoms with Gasteiger partial charge in [0.2, 0.25) is 0 Å².